The number of carbonyl (C=O) groups excluding carboxylic acids is 2. The molecule has 31 heavy (non-hydrogen) atoms. The van der Waals surface area contributed by atoms with Crippen LogP contribution in [0.5, 0.6) is 0 Å². The molecule has 0 saturated carbocycles. The molecule has 2 amide bonds. The molecule has 0 aliphatic carbocycles. The molecule has 0 atom stereocenters. The van der Waals surface area contributed by atoms with Crippen LogP contribution in [0, 0.1) is 0 Å². The highest BCUT2D eigenvalue weighted by Gasteiger charge is 2.25. The molecular formula is C21H28N4O4S2. The molecule has 8 nitrogen and oxygen atoms in total. The highest BCUT2D eigenvalue weighted by atomic mass is 32.2. The van der Waals surface area contributed by atoms with Crippen LogP contribution in [0.25, 0.3) is 0 Å². The molecule has 1 aromatic heterocycles. The van der Waals surface area contributed by atoms with Gasteiger partial charge in [0.2, 0.25) is 5.91 Å². The fraction of sp³-hybridized carbons (Fsp3) is 0.429. The molecule has 0 unspecified atom stereocenters. The highest BCUT2D eigenvalue weighted by Crippen LogP contribution is 2.21. The maximum atomic E-state index is 12.9. The Balaban J connectivity index is 1.59. The molecule has 1 aliphatic rings. The number of carbonyl (C=O) groups is 2. The van der Waals surface area contributed by atoms with Crippen LogP contribution in [0.4, 0.5) is 5.69 Å². The number of sulfonamides is 1. The fourth-order valence-corrected chi connectivity index (χ4v) is 5.54. The standard InChI is InChI=1S/C21H28N4O4S2/c1-3-24(4-2)19(26)16-23-10-12-25(13-11-23)21(27)17-7-5-8-18(15-17)22-31(28,29)20-9-6-14-30-20/h5-9,14-15,22H,3-4,10-13,16H2,1-2H3. The van der Waals surface area contributed by atoms with Gasteiger partial charge in [0.05, 0.1) is 6.54 Å². The van der Waals surface area contributed by atoms with Gasteiger partial charge >= 0.3 is 0 Å². The minimum absolute atomic E-state index is 0.107. The van der Waals surface area contributed by atoms with Gasteiger partial charge in [-0.25, -0.2) is 8.42 Å². The van der Waals surface area contributed by atoms with Crippen LogP contribution in [0.1, 0.15) is 24.2 Å². The first kappa shape index (κ1) is 23.2. The van der Waals surface area contributed by atoms with E-state index in [-0.39, 0.29) is 16.0 Å². The largest absolute Gasteiger partial charge is 0.342 e. The van der Waals surface area contributed by atoms with E-state index in [0.717, 1.165) is 11.3 Å². The molecule has 0 bridgehead atoms. The number of nitrogens with one attached hydrogen (secondary N) is 1. The number of nitrogens with zero attached hydrogens (tertiary/aromatic N) is 3. The number of piperazine rings is 1. The summed E-state index contributed by atoms with van der Waals surface area (Å²) in [5.41, 5.74) is 0.779. The van der Waals surface area contributed by atoms with E-state index in [1.165, 1.54) is 6.07 Å². The molecule has 1 aromatic carbocycles. The minimum atomic E-state index is -3.67. The maximum Gasteiger partial charge on any atom is 0.271 e. The van der Waals surface area contributed by atoms with Gasteiger partial charge in [0.1, 0.15) is 4.21 Å². The van der Waals surface area contributed by atoms with Crippen LogP contribution in [-0.2, 0) is 14.8 Å². The van der Waals surface area contributed by atoms with Gasteiger partial charge in [-0.1, -0.05) is 12.1 Å². The van der Waals surface area contributed by atoms with Gasteiger partial charge < -0.3 is 9.80 Å². The van der Waals surface area contributed by atoms with E-state index in [1.807, 2.05) is 13.8 Å². The van der Waals surface area contributed by atoms with Crippen LogP contribution < -0.4 is 4.72 Å². The SMILES string of the molecule is CCN(CC)C(=O)CN1CCN(C(=O)c2cccc(NS(=O)(=O)c3cccs3)c2)CC1. The monoisotopic (exact) mass is 464 g/mol. The topological polar surface area (TPSA) is 90.0 Å². The van der Waals surface area contributed by atoms with E-state index >= 15 is 0 Å². The Bertz CT molecular complexity index is 996. The third-order valence-corrected chi connectivity index (χ3v) is 8.03. The number of benzene rings is 1. The lowest BCUT2D eigenvalue weighted by atomic mass is 10.1. The summed E-state index contributed by atoms with van der Waals surface area (Å²) < 4.78 is 27.6. The van der Waals surface area contributed by atoms with Crippen LogP contribution in [0.3, 0.4) is 0 Å². The first-order valence-electron chi connectivity index (χ1n) is 10.3. The van der Waals surface area contributed by atoms with Crippen molar-refractivity contribution in [2.45, 2.75) is 18.1 Å². The van der Waals surface area contributed by atoms with Gasteiger partial charge in [-0.3, -0.25) is 19.2 Å². The van der Waals surface area contributed by atoms with Crippen LogP contribution >= 0.6 is 11.3 Å². The fourth-order valence-electron chi connectivity index (χ4n) is 3.50. The van der Waals surface area contributed by atoms with Crippen LogP contribution in [-0.4, -0.2) is 80.7 Å². The number of likely N-dealkylation sites (N-methyl/N-ethyl adjacent to an activating group) is 1. The van der Waals surface area contributed by atoms with Crippen molar-refractivity contribution in [2.75, 3.05) is 50.5 Å². The van der Waals surface area contributed by atoms with Crippen molar-refractivity contribution in [1.82, 2.24) is 14.7 Å². The minimum Gasteiger partial charge on any atom is -0.342 e. The van der Waals surface area contributed by atoms with Crippen molar-refractivity contribution in [3.05, 3.63) is 47.3 Å². The molecule has 1 aliphatic heterocycles. The molecule has 2 heterocycles. The molecule has 10 heteroatoms. The number of hydrogen-bond donors (Lipinski definition) is 1. The highest BCUT2D eigenvalue weighted by molar-refractivity contribution is 7.94. The van der Waals surface area contributed by atoms with Gasteiger partial charge in [0.25, 0.3) is 15.9 Å². The van der Waals surface area contributed by atoms with Crippen molar-refractivity contribution in [1.29, 1.82) is 0 Å². The summed E-state index contributed by atoms with van der Waals surface area (Å²) in [7, 11) is -3.67. The zero-order valence-corrected chi connectivity index (χ0v) is 19.4. The molecular weight excluding hydrogens is 436 g/mol. The Kier molecular flexibility index (Phi) is 7.69. The zero-order chi connectivity index (χ0) is 22.4. The van der Waals surface area contributed by atoms with Gasteiger partial charge in [-0.15, -0.1) is 11.3 Å². The Morgan fingerprint density at radius 2 is 1.77 bits per heavy atom. The van der Waals surface area contributed by atoms with E-state index in [0.29, 0.717) is 57.1 Å². The van der Waals surface area contributed by atoms with Crippen molar-refractivity contribution in [3.8, 4) is 0 Å². The molecule has 3 rings (SSSR count). The van der Waals surface area contributed by atoms with Gasteiger partial charge in [0, 0.05) is 50.5 Å². The average molecular weight is 465 g/mol. The number of rotatable bonds is 8. The molecule has 0 radical (unpaired) electrons. The predicted molar refractivity (Wildman–Crippen MR) is 122 cm³/mol. The molecule has 2 aromatic rings. The van der Waals surface area contributed by atoms with Gasteiger partial charge in [-0.2, -0.15) is 0 Å². The average Bonchev–Trinajstić information content (AvgIpc) is 3.31. The number of anilines is 1. The normalized spacial score (nSPS) is 15.0. The molecule has 1 fully saturated rings. The first-order valence-corrected chi connectivity index (χ1v) is 12.7. The summed E-state index contributed by atoms with van der Waals surface area (Å²) in [6, 6.07) is 9.74. The van der Waals surface area contributed by atoms with Gasteiger partial charge in [0.15, 0.2) is 0 Å². The summed E-state index contributed by atoms with van der Waals surface area (Å²) in [5, 5.41) is 1.70. The summed E-state index contributed by atoms with van der Waals surface area (Å²) in [6.45, 7) is 7.99. The van der Waals surface area contributed by atoms with Crippen molar-refractivity contribution in [2.24, 2.45) is 0 Å². The van der Waals surface area contributed by atoms with Crippen molar-refractivity contribution in [3.63, 3.8) is 0 Å². The summed E-state index contributed by atoms with van der Waals surface area (Å²) in [5.74, 6) is -0.0395. The molecule has 168 valence electrons. The lowest BCUT2D eigenvalue weighted by Crippen LogP contribution is -2.51. The Hall–Kier alpha value is -2.43. The second kappa shape index (κ2) is 10.3. The van der Waals surface area contributed by atoms with E-state index in [2.05, 4.69) is 9.62 Å². The zero-order valence-electron chi connectivity index (χ0n) is 17.8. The van der Waals surface area contributed by atoms with Gasteiger partial charge in [-0.05, 0) is 43.5 Å². The maximum absolute atomic E-state index is 12.9. The molecule has 0 spiro atoms. The summed E-state index contributed by atoms with van der Waals surface area (Å²) in [4.78, 5) is 30.8. The first-order chi connectivity index (χ1) is 14.8. The van der Waals surface area contributed by atoms with Crippen LogP contribution in [0.15, 0.2) is 46.0 Å². The second-order valence-electron chi connectivity index (χ2n) is 7.25. The lowest BCUT2D eigenvalue weighted by molar-refractivity contribution is -0.132. The summed E-state index contributed by atoms with van der Waals surface area (Å²) in [6.07, 6.45) is 0. The molecule has 1 N–H and O–H groups in total. The smallest absolute Gasteiger partial charge is 0.271 e. The third-order valence-electron chi connectivity index (χ3n) is 5.26. The Labute approximate surface area is 187 Å². The quantitative estimate of drug-likeness (QED) is 0.647. The number of hydrogen-bond acceptors (Lipinski definition) is 6. The summed E-state index contributed by atoms with van der Waals surface area (Å²) >= 11 is 1.13. The lowest BCUT2D eigenvalue weighted by Gasteiger charge is -2.35. The molecule has 1 saturated heterocycles. The van der Waals surface area contributed by atoms with Crippen LogP contribution in [0.2, 0.25) is 0 Å². The number of thiophene rings is 1. The van der Waals surface area contributed by atoms with E-state index < -0.39 is 10.0 Å². The van der Waals surface area contributed by atoms with E-state index in [9.17, 15) is 18.0 Å². The Morgan fingerprint density at radius 1 is 1.06 bits per heavy atom. The second-order valence-corrected chi connectivity index (χ2v) is 10.1. The predicted octanol–water partition coefficient (Wildman–Crippen LogP) is 2.18. The van der Waals surface area contributed by atoms with E-state index in [4.69, 9.17) is 0 Å². The Morgan fingerprint density at radius 3 is 2.39 bits per heavy atom. The third kappa shape index (κ3) is 5.84. The van der Waals surface area contributed by atoms with Crippen molar-refractivity contribution < 1.29 is 18.0 Å². The number of amides is 2. The van der Waals surface area contributed by atoms with Crippen molar-refractivity contribution >= 4 is 38.9 Å². The van der Waals surface area contributed by atoms with E-state index in [1.54, 1.807) is 45.5 Å².